The molecule has 0 amide bonds. The van der Waals surface area contributed by atoms with Crippen LogP contribution in [0.5, 0.6) is 0 Å². The predicted octanol–water partition coefficient (Wildman–Crippen LogP) is 3.06. The number of nitrogens with one attached hydrogen (secondary N) is 1. The Bertz CT molecular complexity index is 123. The second-order valence-corrected chi connectivity index (χ2v) is 4.52. The van der Waals surface area contributed by atoms with E-state index in [1.54, 1.807) is 0 Å². The molecule has 0 aromatic carbocycles. The highest BCUT2D eigenvalue weighted by Gasteiger charge is 2.24. The lowest BCUT2D eigenvalue weighted by Crippen LogP contribution is -2.33. The fourth-order valence-electron chi connectivity index (χ4n) is 2.79. The van der Waals surface area contributed by atoms with E-state index in [1.807, 2.05) is 0 Å². The van der Waals surface area contributed by atoms with Gasteiger partial charge in [-0.15, -0.1) is 0 Å². The van der Waals surface area contributed by atoms with Gasteiger partial charge in [-0.3, -0.25) is 0 Å². The van der Waals surface area contributed by atoms with Gasteiger partial charge in [0.1, 0.15) is 0 Å². The van der Waals surface area contributed by atoms with Crippen molar-refractivity contribution in [2.45, 2.75) is 46.5 Å². The fraction of sp³-hybridized carbons (Fsp3) is 1.00. The van der Waals surface area contributed by atoms with E-state index in [2.05, 4.69) is 26.1 Å². The Balaban J connectivity index is 2.38. The van der Waals surface area contributed by atoms with Crippen LogP contribution in [-0.4, -0.2) is 13.1 Å². The summed E-state index contributed by atoms with van der Waals surface area (Å²) in [6.45, 7) is 9.63. The van der Waals surface area contributed by atoms with Crippen LogP contribution in [0.1, 0.15) is 46.5 Å². The topological polar surface area (TPSA) is 12.0 Å². The number of rotatable bonds is 4. The summed E-state index contributed by atoms with van der Waals surface area (Å²) in [5.74, 6) is 2.89. The standard InChI is InChI=1S/C12H25N/c1-4-11(5-2)10(3)12-6-8-13-9-7-12/h10-13H,4-9H2,1-3H3. The first kappa shape index (κ1) is 11.0. The van der Waals surface area contributed by atoms with Crippen molar-refractivity contribution in [2.75, 3.05) is 13.1 Å². The molecule has 1 saturated heterocycles. The van der Waals surface area contributed by atoms with E-state index >= 15 is 0 Å². The summed E-state index contributed by atoms with van der Waals surface area (Å²) in [5, 5.41) is 3.44. The predicted molar refractivity (Wildman–Crippen MR) is 58.8 cm³/mol. The normalized spacial score (nSPS) is 22.2. The minimum Gasteiger partial charge on any atom is -0.317 e. The molecule has 0 aromatic heterocycles. The van der Waals surface area contributed by atoms with Crippen molar-refractivity contribution in [3.63, 3.8) is 0 Å². The SMILES string of the molecule is CCC(CC)C(C)C1CCNCC1. The second kappa shape index (κ2) is 5.64. The van der Waals surface area contributed by atoms with Gasteiger partial charge in [-0.2, -0.15) is 0 Å². The molecule has 0 aromatic rings. The third-order valence-electron chi connectivity index (χ3n) is 3.92. The molecule has 78 valence electrons. The first-order valence-electron chi connectivity index (χ1n) is 6.00. The van der Waals surface area contributed by atoms with E-state index in [0.29, 0.717) is 0 Å². The van der Waals surface area contributed by atoms with Crippen molar-refractivity contribution in [1.29, 1.82) is 0 Å². The molecular formula is C12H25N. The molecule has 1 atom stereocenters. The Morgan fingerprint density at radius 3 is 2.15 bits per heavy atom. The molecule has 0 radical (unpaired) electrons. The van der Waals surface area contributed by atoms with Gasteiger partial charge in [-0.25, -0.2) is 0 Å². The number of hydrogen-bond donors (Lipinski definition) is 1. The first-order chi connectivity index (χ1) is 6.29. The van der Waals surface area contributed by atoms with Crippen LogP contribution >= 0.6 is 0 Å². The molecular weight excluding hydrogens is 158 g/mol. The van der Waals surface area contributed by atoms with Crippen LogP contribution in [-0.2, 0) is 0 Å². The van der Waals surface area contributed by atoms with Gasteiger partial charge in [0.15, 0.2) is 0 Å². The zero-order valence-corrected chi connectivity index (χ0v) is 9.47. The van der Waals surface area contributed by atoms with Crippen LogP contribution in [0.3, 0.4) is 0 Å². The summed E-state index contributed by atoms with van der Waals surface area (Å²) < 4.78 is 0. The molecule has 13 heavy (non-hydrogen) atoms. The highest BCUT2D eigenvalue weighted by atomic mass is 14.9. The summed E-state index contributed by atoms with van der Waals surface area (Å²) in [6.07, 6.45) is 5.53. The summed E-state index contributed by atoms with van der Waals surface area (Å²) in [6, 6.07) is 0. The van der Waals surface area contributed by atoms with Gasteiger partial charge in [0, 0.05) is 0 Å². The second-order valence-electron chi connectivity index (χ2n) is 4.52. The van der Waals surface area contributed by atoms with Gasteiger partial charge in [0.2, 0.25) is 0 Å². The van der Waals surface area contributed by atoms with Crippen LogP contribution in [0.25, 0.3) is 0 Å². The summed E-state index contributed by atoms with van der Waals surface area (Å²) in [4.78, 5) is 0. The van der Waals surface area contributed by atoms with Gasteiger partial charge in [0.25, 0.3) is 0 Å². The molecule has 0 saturated carbocycles. The third-order valence-corrected chi connectivity index (χ3v) is 3.92. The summed E-state index contributed by atoms with van der Waals surface area (Å²) in [7, 11) is 0. The highest BCUT2D eigenvalue weighted by Crippen LogP contribution is 2.31. The van der Waals surface area contributed by atoms with Crippen molar-refractivity contribution >= 4 is 0 Å². The molecule has 1 fully saturated rings. The molecule has 1 aliphatic heterocycles. The molecule has 1 heteroatoms. The van der Waals surface area contributed by atoms with Crippen molar-refractivity contribution in [3.05, 3.63) is 0 Å². The Hall–Kier alpha value is -0.0400. The van der Waals surface area contributed by atoms with Crippen molar-refractivity contribution < 1.29 is 0 Å². The first-order valence-corrected chi connectivity index (χ1v) is 6.00. The average Bonchev–Trinajstić information content (AvgIpc) is 2.21. The zero-order valence-electron chi connectivity index (χ0n) is 9.47. The van der Waals surface area contributed by atoms with Crippen molar-refractivity contribution in [3.8, 4) is 0 Å². The molecule has 1 nitrogen and oxygen atoms in total. The maximum absolute atomic E-state index is 3.44. The highest BCUT2D eigenvalue weighted by molar-refractivity contribution is 4.77. The zero-order chi connectivity index (χ0) is 9.68. The average molecular weight is 183 g/mol. The lowest BCUT2D eigenvalue weighted by molar-refractivity contribution is 0.193. The van der Waals surface area contributed by atoms with Gasteiger partial charge in [0.05, 0.1) is 0 Å². The molecule has 0 bridgehead atoms. The van der Waals surface area contributed by atoms with Crippen LogP contribution in [0.4, 0.5) is 0 Å². The molecule has 1 unspecified atom stereocenters. The van der Waals surface area contributed by atoms with Gasteiger partial charge in [-0.1, -0.05) is 33.6 Å². The van der Waals surface area contributed by atoms with E-state index in [1.165, 1.54) is 38.8 Å². The monoisotopic (exact) mass is 183 g/mol. The van der Waals surface area contributed by atoms with Crippen LogP contribution in [0, 0.1) is 17.8 Å². The summed E-state index contributed by atoms with van der Waals surface area (Å²) in [5.41, 5.74) is 0. The Morgan fingerprint density at radius 1 is 1.15 bits per heavy atom. The quantitative estimate of drug-likeness (QED) is 0.706. The van der Waals surface area contributed by atoms with Crippen LogP contribution < -0.4 is 5.32 Å². The maximum Gasteiger partial charge on any atom is -0.00462 e. The van der Waals surface area contributed by atoms with Gasteiger partial charge in [-0.05, 0) is 43.7 Å². The minimum absolute atomic E-state index is 0.942. The van der Waals surface area contributed by atoms with E-state index in [-0.39, 0.29) is 0 Å². The van der Waals surface area contributed by atoms with Crippen molar-refractivity contribution in [1.82, 2.24) is 5.32 Å². The van der Waals surface area contributed by atoms with Gasteiger partial charge >= 0.3 is 0 Å². The van der Waals surface area contributed by atoms with E-state index in [0.717, 1.165) is 17.8 Å². The smallest absolute Gasteiger partial charge is 0.00462 e. The minimum atomic E-state index is 0.942. The van der Waals surface area contributed by atoms with Gasteiger partial charge < -0.3 is 5.32 Å². The molecule has 0 aliphatic carbocycles. The largest absolute Gasteiger partial charge is 0.317 e. The molecule has 0 spiro atoms. The molecule has 1 rings (SSSR count). The van der Waals surface area contributed by atoms with Crippen LogP contribution in [0.2, 0.25) is 0 Å². The van der Waals surface area contributed by atoms with E-state index in [9.17, 15) is 0 Å². The Morgan fingerprint density at radius 2 is 1.69 bits per heavy atom. The third kappa shape index (κ3) is 2.98. The lowest BCUT2D eigenvalue weighted by atomic mass is 9.76. The lowest BCUT2D eigenvalue weighted by Gasteiger charge is -2.33. The molecule has 1 heterocycles. The Labute approximate surface area is 83.3 Å². The van der Waals surface area contributed by atoms with Crippen LogP contribution in [0.15, 0.2) is 0 Å². The summed E-state index contributed by atoms with van der Waals surface area (Å²) >= 11 is 0. The number of piperidine rings is 1. The maximum atomic E-state index is 3.44. The number of hydrogen-bond acceptors (Lipinski definition) is 1. The van der Waals surface area contributed by atoms with E-state index in [4.69, 9.17) is 0 Å². The van der Waals surface area contributed by atoms with Crippen molar-refractivity contribution in [2.24, 2.45) is 17.8 Å². The fourth-order valence-corrected chi connectivity index (χ4v) is 2.79. The van der Waals surface area contributed by atoms with E-state index < -0.39 is 0 Å². The molecule has 1 aliphatic rings. The molecule has 1 N–H and O–H groups in total. The Kier molecular flexibility index (Phi) is 4.79.